The maximum absolute atomic E-state index is 13.3. The van der Waals surface area contributed by atoms with Crippen molar-refractivity contribution in [2.24, 2.45) is 7.05 Å². The molecule has 0 aliphatic carbocycles. The zero-order chi connectivity index (χ0) is 29.3. The van der Waals surface area contributed by atoms with Gasteiger partial charge in [-0.25, -0.2) is 0 Å². The van der Waals surface area contributed by atoms with Gasteiger partial charge in [0.25, 0.3) is 17.4 Å². The quantitative estimate of drug-likeness (QED) is 0.211. The average Bonchev–Trinajstić information content (AvgIpc) is 3.41. The molecule has 8 nitrogen and oxygen atoms in total. The number of nitrogens with one attached hydrogen (secondary N) is 3. The Labute approximate surface area is 231 Å². The van der Waals surface area contributed by atoms with Crippen LogP contribution >= 0.6 is 0 Å². The van der Waals surface area contributed by atoms with Gasteiger partial charge in [0.2, 0.25) is 0 Å². The van der Waals surface area contributed by atoms with E-state index in [0.717, 1.165) is 12.1 Å². The monoisotopic (exact) mass is 559 g/mol. The van der Waals surface area contributed by atoms with Crippen molar-refractivity contribution in [3.8, 4) is 11.1 Å². The number of aromatic nitrogens is 2. The first-order chi connectivity index (χ1) is 19.5. The zero-order valence-electron chi connectivity index (χ0n) is 21.7. The van der Waals surface area contributed by atoms with Gasteiger partial charge in [0.15, 0.2) is 0 Å². The number of aromatic amines is 1. The van der Waals surface area contributed by atoms with Crippen LogP contribution in [0, 0.1) is 0 Å². The van der Waals surface area contributed by atoms with Gasteiger partial charge in [-0.05, 0) is 53.6 Å². The number of pyridine rings is 1. The Kier molecular flexibility index (Phi) is 7.10. The Balaban J connectivity index is 1.33. The Morgan fingerprint density at radius 1 is 0.951 bits per heavy atom. The first kappa shape index (κ1) is 27.3. The minimum atomic E-state index is -4.53. The molecular weight excluding hydrogens is 535 g/mol. The maximum atomic E-state index is 13.3. The predicted octanol–water partition coefficient (Wildman–Crippen LogP) is 5.32. The summed E-state index contributed by atoms with van der Waals surface area (Å²) >= 11 is 0. The van der Waals surface area contributed by atoms with Gasteiger partial charge in [-0.3, -0.25) is 14.4 Å². The maximum Gasteiger partial charge on any atom is 0.416 e. The van der Waals surface area contributed by atoms with Crippen LogP contribution in [0.25, 0.3) is 22.0 Å². The number of benzene rings is 3. The van der Waals surface area contributed by atoms with E-state index in [-0.39, 0.29) is 29.2 Å². The molecule has 2 amide bonds. The summed E-state index contributed by atoms with van der Waals surface area (Å²) in [7, 11) is 1.48. The molecule has 5 rings (SSSR count). The number of halogens is 3. The van der Waals surface area contributed by atoms with Crippen molar-refractivity contribution in [2.45, 2.75) is 12.7 Å². The summed E-state index contributed by atoms with van der Waals surface area (Å²) in [5, 5.41) is 5.82. The fraction of sp³-hybridized carbons (Fsp3) is 0.100. The van der Waals surface area contributed by atoms with E-state index in [0.29, 0.717) is 33.5 Å². The van der Waals surface area contributed by atoms with Crippen LogP contribution in [-0.2, 0) is 19.8 Å². The molecule has 0 aliphatic rings. The van der Waals surface area contributed by atoms with Gasteiger partial charge in [-0.1, -0.05) is 36.4 Å². The SMILES string of the molecule is Cn1cc(-c2cccc(C(F)(F)F)c2)c2cc(C(=O)NCc3ccc(C(=O)Nc4ccccc4N)cc3)[nH]c2c1=O. The van der Waals surface area contributed by atoms with Crippen molar-refractivity contribution in [1.82, 2.24) is 14.9 Å². The third-order valence-corrected chi connectivity index (χ3v) is 6.59. The lowest BCUT2D eigenvalue weighted by Gasteiger charge is -2.10. The van der Waals surface area contributed by atoms with E-state index in [2.05, 4.69) is 15.6 Å². The van der Waals surface area contributed by atoms with Crippen LogP contribution in [0.2, 0.25) is 0 Å². The fourth-order valence-corrected chi connectivity index (χ4v) is 4.41. The van der Waals surface area contributed by atoms with E-state index in [9.17, 15) is 27.6 Å². The molecule has 208 valence electrons. The highest BCUT2D eigenvalue weighted by molar-refractivity contribution is 6.06. The van der Waals surface area contributed by atoms with Gasteiger partial charge < -0.3 is 25.9 Å². The van der Waals surface area contributed by atoms with Crippen LogP contribution in [0.4, 0.5) is 24.5 Å². The third kappa shape index (κ3) is 5.69. The molecule has 0 saturated heterocycles. The molecule has 0 atom stereocenters. The number of hydrogen-bond donors (Lipinski definition) is 4. The van der Waals surface area contributed by atoms with E-state index in [1.807, 2.05) is 0 Å². The van der Waals surface area contributed by atoms with Crippen LogP contribution < -0.4 is 21.9 Å². The molecule has 0 radical (unpaired) electrons. The number of fused-ring (bicyclic) bond motifs is 1. The Morgan fingerprint density at radius 3 is 2.39 bits per heavy atom. The van der Waals surface area contributed by atoms with Crippen LogP contribution in [0.1, 0.15) is 32.0 Å². The van der Waals surface area contributed by atoms with Crippen molar-refractivity contribution in [1.29, 1.82) is 0 Å². The van der Waals surface area contributed by atoms with Crippen molar-refractivity contribution >= 4 is 34.1 Å². The smallest absolute Gasteiger partial charge is 0.397 e. The number of carbonyl (C=O) groups excluding carboxylic acids is 2. The van der Waals surface area contributed by atoms with Crippen LogP contribution in [0.5, 0.6) is 0 Å². The Hall–Kier alpha value is -5.32. The molecule has 0 spiro atoms. The number of hydrogen-bond acceptors (Lipinski definition) is 4. The van der Waals surface area contributed by atoms with E-state index in [1.54, 1.807) is 48.5 Å². The number of nitrogen functional groups attached to an aromatic ring is 1. The Morgan fingerprint density at radius 2 is 1.68 bits per heavy atom. The summed E-state index contributed by atoms with van der Waals surface area (Å²) in [6.45, 7) is 0.125. The number of carbonyl (C=O) groups is 2. The summed E-state index contributed by atoms with van der Waals surface area (Å²) in [4.78, 5) is 41.1. The number of para-hydroxylation sites is 2. The minimum absolute atomic E-state index is 0.0768. The minimum Gasteiger partial charge on any atom is -0.397 e. The summed E-state index contributed by atoms with van der Waals surface area (Å²) in [6.07, 6.45) is -3.09. The number of nitrogens with two attached hydrogens (primary N) is 1. The first-order valence-corrected chi connectivity index (χ1v) is 12.4. The molecule has 0 bridgehead atoms. The standard InChI is InChI=1S/C30H24F3N5O3/c1-38-16-22(19-5-4-6-20(13-19)30(31,32)33)21-14-25(36-26(21)29(38)41)28(40)35-15-17-9-11-18(12-10-17)27(39)37-24-8-3-2-7-23(24)34/h2-14,16,36H,15,34H2,1H3,(H,35,40)(H,37,39). The molecule has 5 N–H and O–H groups in total. The van der Waals surface area contributed by atoms with Crippen molar-refractivity contribution in [3.05, 3.63) is 118 Å². The topological polar surface area (TPSA) is 122 Å². The molecule has 0 unspecified atom stereocenters. The lowest BCUT2D eigenvalue weighted by atomic mass is 10.0. The normalized spacial score (nSPS) is 11.4. The van der Waals surface area contributed by atoms with Crippen LogP contribution in [0.3, 0.4) is 0 Å². The van der Waals surface area contributed by atoms with E-state index in [1.165, 1.54) is 36.0 Å². The highest BCUT2D eigenvalue weighted by Gasteiger charge is 2.30. The molecule has 0 fully saturated rings. The Bertz CT molecular complexity index is 1840. The molecular formula is C30H24F3N5O3. The highest BCUT2D eigenvalue weighted by Crippen LogP contribution is 2.34. The lowest BCUT2D eigenvalue weighted by Crippen LogP contribution is -2.23. The van der Waals surface area contributed by atoms with Crippen molar-refractivity contribution in [2.75, 3.05) is 11.1 Å². The second-order valence-corrected chi connectivity index (χ2v) is 9.43. The molecule has 0 saturated carbocycles. The predicted molar refractivity (Wildman–Crippen MR) is 150 cm³/mol. The molecule has 2 heterocycles. The van der Waals surface area contributed by atoms with Gasteiger partial charge in [-0.15, -0.1) is 0 Å². The number of amides is 2. The summed E-state index contributed by atoms with van der Waals surface area (Å²) in [6, 6.07) is 19.7. The molecule has 5 aromatic rings. The fourth-order valence-electron chi connectivity index (χ4n) is 4.41. The van der Waals surface area contributed by atoms with Gasteiger partial charge in [-0.2, -0.15) is 13.2 Å². The van der Waals surface area contributed by atoms with Crippen molar-refractivity contribution in [3.63, 3.8) is 0 Å². The van der Waals surface area contributed by atoms with Gasteiger partial charge in [0.1, 0.15) is 11.2 Å². The molecule has 0 aliphatic heterocycles. The largest absolute Gasteiger partial charge is 0.416 e. The summed E-state index contributed by atoms with van der Waals surface area (Å²) in [5.41, 5.74) is 7.47. The molecule has 3 aromatic carbocycles. The average molecular weight is 560 g/mol. The zero-order valence-corrected chi connectivity index (χ0v) is 21.7. The number of nitrogens with zero attached hydrogens (tertiary/aromatic N) is 1. The number of alkyl halides is 3. The number of H-pyrrole nitrogens is 1. The van der Waals surface area contributed by atoms with Gasteiger partial charge in [0.05, 0.1) is 16.9 Å². The van der Waals surface area contributed by atoms with Gasteiger partial charge >= 0.3 is 6.18 Å². The van der Waals surface area contributed by atoms with E-state index < -0.39 is 23.2 Å². The summed E-state index contributed by atoms with van der Waals surface area (Å²) in [5.74, 6) is -0.852. The van der Waals surface area contributed by atoms with E-state index in [4.69, 9.17) is 5.73 Å². The molecule has 11 heteroatoms. The third-order valence-electron chi connectivity index (χ3n) is 6.59. The number of anilines is 2. The molecule has 41 heavy (non-hydrogen) atoms. The van der Waals surface area contributed by atoms with Crippen LogP contribution in [0.15, 0.2) is 89.9 Å². The lowest BCUT2D eigenvalue weighted by molar-refractivity contribution is -0.137. The summed E-state index contributed by atoms with van der Waals surface area (Å²) < 4.78 is 41.2. The number of aryl methyl sites for hydroxylation is 1. The van der Waals surface area contributed by atoms with Gasteiger partial charge in [0, 0.05) is 36.3 Å². The highest BCUT2D eigenvalue weighted by atomic mass is 19.4. The van der Waals surface area contributed by atoms with E-state index >= 15 is 0 Å². The van der Waals surface area contributed by atoms with Crippen LogP contribution in [-0.4, -0.2) is 21.4 Å². The second kappa shape index (κ2) is 10.7. The number of rotatable bonds is 6. The second-order valence-electron chi connectivity index (χ2n) is 9.43. The van der Waals surface area contributed by atoms with Crippen molar-refractivity contribution < 1.29 is 22.8 Å². The first-order valence-electron chi connectivity index (χ1n) is 12.4. The molecule has 2 aromatic heterocycles.